The van der Waals surface area contributed by atoms with Gasteiger partial charge in [-0.05, 0) is 30.0 Å². The zero-order valence-corrected chi connectivity index (χ0v) is 15.1. The predicted molar refractivity (Wildman–Crippen MR) is 93.6 cm³/mol. The van der Waals surface area contributed by atoms with Gasteiger partial charge in [-0.1, -0.05) is 26.0 Å². The van der Waals surface area contributed by atoms with Crippen LogP contribution in [0.3, 0.4) is 0 Å². The van der Waals surface area contributed by atoms with Gasteiger partial charge in [0, 0.05) is 19.7 Å². The molecule has 1 saturated heterocycles. The first-order valence-corrected chi connectivity index (χ1v) is 8.64. The van der Waals surface area contributed by atoms with Crippen molar-refractivity contribution in [1.29, 1.82) is 0 Å². The topological polar surface area (TPSA) is 76.1 Å². The number of carbonyl (C=O) groups is 2. The second-order valence-corrected chi connectivity index (χ2v) is 6.92. The van der Waals surface area contributed by atoms with E-state index >= 15 is 0 Å². The number of hydrogen-bond acceptors (Lipinski definition) is 4. The number of methoxy groups -OCH3 is 1. The van der Waals surface area contributed by atoms with Gasteiger partial charge in [-0.25, -0.2) is 0 Å². The summed E-state index contributed by atoms with van der Waals surface area (Å²) >= 11 is 0. The molecule has 2 atom stereocenters. The standard InChI is InChI=1S/C19H27NO5/c1-13(2)12-25-16-6-4-14(5-7-16)8-18(21)20-11-17(24-3)9-15(20)10-19(22)23/h4-7,13,15,17H,8-12H2,1-3H3,(H,22,23). The number of rotatable bonds is 8. The molecular formula is C19H27NO5. The normalized spacial score (nSPS) is 20.1. The van der Waals surface area contributed by atoms with Crippen LogP contribution in [-0.2, 0) is 20.7 Å². The van der Waals surface area contributed by atoms with E-state index in [-0.39, 0.29) is 30.9 Å². The minimum Gasteiger partial charge on any atom is -0.493 e. The maximum atomic E-state index is 12.6. The highest BCUT2D eigenvalue weighted by molar-refractivity contribution is 5.80. The molecule has 2 rings (SSSR count). The summed E-state index contributed by atoms with van der Waals surface area (Å²) in [5, 5.41) is 9.05. The van der Waals surface area contributed by atoms with Gasteiger partial charge >= 0.3 is 5.97 Å². The molecule has 1 N–H and O–H groups in total. The van der Waals surface area contributed by atoms with Crippen LogP contribution in [0.25, 0.3) is 0 Å². The summed E-state index contributed by atoms with van der Waals surface area (Å²) in [7, 11) is 1.59. The molecular weight excluding hydrogens is 322 g/mol. The molecule has 1 heterocycles. The molecule has 0 aliphatic carbocycles. The van der Waals surface area contributed by atoms with Crippen molar-refractivity contribution < 1.29 is 24.2 Å². The van der Waals surface area contributed by atoms with Gasteiger partial charge < -0.3 is 19.5 Å². The van der Waals surface area contributed by atoms with E-state index in [9.17, 15) is 9.59 Å². The molecule has 1 aliphatic rings. The molecule has 1 aromatic rings. The lowest BCUT2D eigenvalue weighted by Crippen LogP contribution is -2.38. The zero-order valence-electron chi connectivity index (χ0n) is 15.1. The number of hydrogen-bond donors (Lipinski definition) is 1. The van der Waals surface area contributed by atoms with Crippen molar-refractivity contribution in [3.8, 4) is 5.75 Å². The van der Waals surface area contributed by atoms with E-state index in [1.165, 1.54) is 0 Å². The number of aliphatic carboxylic acids is 1. The summed E-state index contributed by atoms with van der Waals surface area (Å²) in [4.78, 5) is 25.3. The Hall–Kier alpha value is -2.08. The van der Waals surface area contributed by atoms with E-state index < -0.39 is 5.97 Å². The van der Waals surface area contributed by atoms with Crippen LogP contribution in [0.5, 0.6) is 5.75 Å². The molecule has 1 aliphatic heterocycles. The third-order valence-corrected chi connectivity index (χ3v) is 4.30. The van der Waals surface area contributed by atoms with Crippen LogP contribution in [0.1, 0.15) is 32.3 Å². The molecule has 138 valence electrons. The third-order valence-electron chi connectivity index (χ3n) is 4.30. The minimum absolute atomic E-state index is 0.0480. The highest BCUT2D eigenvalue weighted by Gasteiger charge is 2.36. The summed E-state index contributed by atoms with van der Waals surface area (Å²) in [6.07, 6.45) is 0.668. The molecule has 6 heteroatoms. The predicted octanol–water partition coefficient (Wildman–Crippen LogP) is 2.35. The summed E-state index contributed by atoms with van der Waals surface area (Å²) in [5.74, 6) is 0.276. The number of carbonyl (C=O) groups excluding carboxylic acids is 1. The number of ether oxygens (including phenoxy) is 2. The van der Waals surface area contributed by atoms with E-state index in [1.807, 2.05) is 24.3 Å². The van der Waals surface area contributed by atoms with Crippen LogP contribution in [-0.4, -0.2) is 54.3 Å². The third kappa shape index (κ3) is 5.74. The summed E-state index contributed by atoms with van der Waals surface area (Å²) in [6, 6.07) is 7.18. The van der Waals surface area contributed by atoms with Gasteiger partial charge in [-0.2, -0.15) is 0 Å². The van der Waals surface area contributed by atoms with E-state index in [0.717, 1.165) is 11.3 Å². The largest absolute Gasteiger partial charge is 0.493 e. The van der Waals surface area contributed by atoms with Gasteiger partial charge in [0.05, 0.1) is 25.6 Å². The summed E-state index contributed by atoms with van der Waals surface area (Å²) < 4.78 is 11.0. The van der Waals surface area contributed by atoms with Crippen LogP contribution >= 0.6 is 0 Å². The summed E-state index contributed by atoms with van der Waals surface area (Å²) in [6.45, 7) is 5.28. The SMILES string of the molecule is COC1CC(CC(=O)O)N(C(=O)Cc2ccc(OCC(C)C)cc2)C1. The Morgan fingerprint density at radius 3 is 2.52 bits per heavy atom. The van der Waals surface area contributed by atoms with Crippen molar-refractivity contribution in [3.05, 3.63) is 29.8 Å². The Morgan fingerprint density at radius 1 is 1.28 bits per heavy atom. The Bertz CT molecular complexity index is 584. The molecule has 6 nitrogen and oxygen atoms in total. The molecule has 0 bridgehead atoms. The van der Waals surface area contributed by atoms with Gasteiger partial charge in [-0.3, -0.25) is 9.59 Å². The number of carboxylic acid groups (broad SMARTS) is 1. The molecule has 1 fully saturated rings. The highest BCUT2D eigenvalue weighted by atomic mass is 16.5. The minimum atomic E-state index is -0.897. The number of likely N-dealkylation sites (tertiary alicyclic amines) is 1. The number of benzene rings is 1. The first kappa shape index (κ1) is 19.2. The molecule has 25 heavy (non-hydrogen) atoms. The maximum Gasteiger partial charge on any atom is 0.305 e. The van der Waals surface area contributed by atoms with Crippen molar-refractivity contribution in [3.63, 3.8) is 0 Å². The first-order chi connectivity index (χ1) is 11.9. The second kappa shape index (κ2) is 8.85. The molecule has 0 spiro atoms. The lowest BCUT2D eigenvalue weighted by atomic mass is 10.1. The van der Waals surface area contributed by atoms with Crippen molar-refractivity contribution in [2.75, 3.05) is 20.3 Å². The Balaban J connectivity index is 1.96. The average molecular weight is 349 g/mol. The molecule has 1 aromatic carbocycles. The Labute approximate surface area is 148 Å². The van der Waals surface area contributed by atoms with E-state index in [0.29, 0.717) is 25.5 Å². The number of nitrogens with zero attached hydrogens (tertiary/aromatic N) is 1. The van der Waals surface area contributed by atoms with Gasteiger partial charge in [0.25, 0.3) is 0 Å². The van der Waals surface area contributed by atoms with Crippen molar-refractivity contribution in [2.45, 2.75) is 45.3 Å². The fraction of sp³-hybridized carbons (Fsp3) is 0.579. The number of amides is 1. The van der Waals surface area contributed by atoms with Crippen LogP contribution < -0.4 is 4.74 Å². The van der Waals surface area contributed by atoms with Crippen LogP contribution in [0.15, 0.2) is 24.3 Å². The summed E-state index contributed by atoms with van der Waals surface area (Å²) in [5.41, 5.74) is 0.886. The van der Waals surface area contributed by atoms with Gasteiger partial charge in [0.2, 0.25) is 5.91 Å². The number of carboxylic acids is 1. The molecule has 0 saturated carbocycles. The quantitative estimate of drug-likeness (QED) is 0.780. The fourth-order valence-corrected chi connectivity index (χ4v) is 2.99. The maximum absolute atomic E-state index is 12.6. The van der Waals surface area contributed by atoms with Gasteiger partial charge in [-0.15, -0.1) is 0 Å². The van der Waals surface area contributed by atoms with Crippen molar-refractivity contribution in [2.24, 2.45) is 5.92 Å². The van der Waals surface area contributed by atoms with E-state index in [1.54, 1.807) is 12.0 Å². The fourth-order valence-electron chi connectivity index (χ4n) is 2.99. The highest BCUT2D eigenvalue weighted by Crippen LogP contribution is 2.24. The van der Waals surface area contributed by atoms with E-state index in [2.05, 4.69) is 13.8 Å². The zero-order chi connectivity index (χ0) is 18.4. The Kier molecular flexibility index (Phi) is 6.82. The van der Waals surface area contributed by atoms with Crippen molar-refractivity contribution >= 4 is 11.9 Å². The first-order valence-electron chi connectivity index (χ1n) is 8.64. The molecule has 2 unspecified atom stereocenters. The van der Waals surface area contributed by atoms with Crippen molar-refractivity contribution in [1.82, 2.24) is 4.90 Å². The smallest absolute Gasteiger partial charge is 0.305 e. The lowest BCUT2D eigenvalue weighted by Gasteiger charge is -2.23. The Morgan fingerprint density at radius 2 is 1.96 bits per heavy atom. The average Bonchev–Trinajstić information content (AvgIpc) is 2.96. The van der Waals surface area contributed by atoms with Gasteiger partial charge in [0.15, 0.2) is 0 Å². The van der Waals surface area contributed by atoms with Gasteiger partial charge in [0.1, 0.15) is 5.75 Å². The molecule has 1 amide bonds. The van der Waals surface area contributed by atoms with Crippen LogP contribution in [0.4, 0.5) is 0 Å². The van der Waals surface area contributed by atoms with Crippen LogP contribution in [0, 0.1) is 5.92 Å². The molecule has 0 radical (unpaired) electrons. The van der Waals surface area contributed by atoms with Crippen LogP contribution in [0.2, 0.25) is 0 Å². The van der Waals surface area contributed by atoms with E-state index in [4.69, 9.17) is 14.6 Å². The second-order valence-electron chi connectivity index (χ2n) is 6.92. The monoisotopic (exact) mass is 349 g/mol. The molecule has 0 aromatic heterocycles. The lowest BCUT2D eigenvalue weighted by molar-refractivity contribution is -0.139.